The number of aromatic nitrogens is 3. The van der Waals surface area contributed by atoms with E-state index in [4.69, 9.17) is 4.74 Å². The van der Waals surface area contributed by atoms with Crippen LogP contribution < -0.4 is 10.1 Å². The molecule has 0 atom stereocenters. The number of nitrogens with one attached hydrogen (secondary N) is 1. The van der Waals surface area contributed by atoms with Gasteiger partial charge in [0.1, 0.15) is 17.9 Å². The second kappa shape index (κ2) is 7.19. The van der Waals surface area contributed by atoms with Crippen LogP contribution in [0.4, 0.5) is 0 Å². The van der Waals surface area contributed by atoms with E-state index in [2.05, 4.69) is 59.5 Å². The van der Waals surface area contributed by atoms with Gasteiger partial charge >= 0.3 is 0 Å². The quantitative estimate of drug-likeness (QED) is 0.753. The van der Waals surface area contributed by atoms with Gasteiger partial charge in [0, 0.05) is 26.6 Å². The summed E-state index contributed by atoms with van der Waals surface area (Å²) in [6.07, 6.45) is 2.57. The molecule has 0 amide bonds. The average Bonchev–Trinajstić information content (AvgIpc) is 2.80. The number of rotatable bonds is 6. The predicted molar refractivity (Wildman–Crippen MR) is 84.8 cm³/mol. The predicted octanol–water partition coefficient (Wildman–Crippen LogP) is 2.68. The van der Waals surface area contributed by atoms with Gasteiger partial charge in [0.2, 0.25) is 0 Å². The molecule has 0 saturated heterocycles. The van der Waals surface area contributed by atoms with Gasteiger partial charge in [-0.25, -0.2) is 0 Å². The first-order valence-electron chi connectivity index (χ1n) is 6.17. The summed E-state index contributed by atoms with van der Waals surface area (Å²) in [5, 5.41) is 11.3. The number of hydrogen-bond acceptors (Lipinski definition) is 4. The number of aryl methyl sites for hydroxylation is 1. The monoisotopic (exact) mass is 402 g/mol. The zero-order chi connectivity index (χ0) is 14.5. The van der Waals surface area contributed by atoms with Gasteiger partial charge in [-0.3, -0.25) is 0 Å². The third kappa shape index (κ3) is 3.80. The highest BCUT2D eigenvalue weighted by Gasteiger charge is 2.07. The van der Waals surface area contributed by atoms with E-state index in [0.29, 0.717) is 0 Å². The molecule has 0 fully saturated rings. The van der Waals surface area contributed by atoms with E-state index in [1.807, 2.05) is 11.6 Å². The smallest absolute Gasteiger partial charge is 0.147 e. The molecule has 2 aromatic rings. The first kappa shape index (κ1) is 15.5. The molecule has 0 aliphatic carbocycles. The number of hydrogen-bond donors (Lipinski definition) is 1. The molecule has 0 saturated carbocycles. The Labute approximate surface area is 135 Å². The van der Waals surface area contributed by atoms with Gasteiger partial charge in [-0.2, -0.15) is 0 Å². The number of halogens is 2. The molecule has 0 spiro atoms. The van der Waals surface area contributed by atoms with Crippen LogP contribution in [0.3, 0.4) is 0 Å². The van der Waals surface area contributed by atoms with Crippen LogP contribution in [0, 0.1) is 0 Å². The first-order chi connectivity index (χ1) is 9.61. The summed E-state index contributed by atoms with van der Waals surface area (Å²) in [5.41, 5.74) is 1.18. The van der Waals surface area contributed by atoms with E-state index in [1.54, 1.807) is 13.4 Å². The van der Waals surface area contributed by atoms with E-state index in [0.717, 1.165) is 40.0 Å². The Kier molecular flexibility index (Phi) is 5.56. The fraction of sp³-hybridized carbons (Fsp3) is 0.385. The van der Waals surface area contributed by atoms with Crippen LogP contribution in [0.15, 0.2) is 27.4 Å². The normalized spacial score (nSPS) is 10.8. The fourth-order valence-electron chi connectivity index (χ4n) is 1.88. The largest absolute Gasteiger partial charge is 0.494 e. The Morgan fingerprint density at radius 2 is 2.00 bits per heavy atom. The molecular formula is C13H16Br2N4O. The third-order valence-corrected chi connectivity index (χ3v) is 4.10. The molecule has 2 rings (SSSR count). The number of benzene rings is 1. The van der Waals surface area contributed by atoms with E-state index in [9.17, 15) is 0 Å². The molecule has 0 aliphatic rings. The second-order valence-corrected chi connectivity index (χ2v) is 6.09. The Hall–Kier alpha value is -0.920. The third-order valence-electron chi connectivity index (χ3n) is 2.92. The van der Waals surface area contributed by atoms with Crippen LogP contribution in [0.5, 0.6) is 5.75 Å². The number of methoxy groups -OCH3 is 1. The van der Waals surface area contributed by atoms with Crippen LogP contribution in [-0.2, 0) is 20.0 Å². The van der Waals surface area contributed by atoms with Gasteiger partial charge < -0.3 is 14.6 Å². The first-order valence-corrected chi connectivity index (χ1v) is 7.76. The van der Waals surface area contributed by atoms with Crippen LogP contribution >= 0.6 is 31.9 Å². The zero-order valence-electron chi connectivity index (χ0n) is 11.4. The summed E-state index contributed by atoms with van der Waals surface area (Å²) in [5.74, 6) is 1.79. The summed E-state index contributed by atoms with van der Waals surface area (Å²) < 4.78 is 9.11. The minimum atomic E-state index is 0.791. The Morgan fingerprint density at radius 3 is 2.55 bits per heavy atom. The number of ether oxygens (including phenoxy) is 1. The summed E-state index contributed by atoms with van der Waals surface area (Å²) in [6.45, 7) is 1.65. The molecule has 0 unspecified atom stereocenters. The summed E-state index contributed by atoms with van der Waals surface area (Å²) in [4.78, 5) is 0. The van der Waals surface area contributed by atoms with Crippen molar-refractivity contribution in [3.63, 3.8) is 0 Å². The summed E-state index contributed by atoms with van der Waals surface area (Å²) in [7, 11) is 3.61. The van der Waals surface area contributed by atoms with Gasteiger partial charge in [0.25, 0.3) is 0 Å². The Bertz CT molecular complexity index is 562. The molecule has 0 aliphatic heterocycles. The van der Waals surface area contributed by atoms with Crippen molar-refractivity contribution < 1.29 is 4.74 Å². The van der Waals surface area contributed by atoms with Gasteiger partial charge in [-0.1, -0.05) is 0 Å². The lowest BCUT2D eigenvalue weighted by atomic mass is 10.2. The molecule has 7 heteroatoms. The van der Waals surface area contributed by atoms with Crippen LogP contribution in [0.1, 0.15) is 11.4 Å². The zero-order valence-corrected chi connectivity index (χ0v) is 14.5. The van der Waals surface area contributed by atoms with Crippen molar-refractivity contribution in [2.45, 2.75) is 13.0 Å². The van der Waals surface area contributed by atoms with Crippen LogP contribution in [-0.4, -0.2) is 28.4 Å². The lowest BCUT2D eigenvalue weighted by Crippen LogP contribution is -2.18. The number of nitrogens with zero attached hydrogens (tertiary/aromatic N) is 3. The molecule has 1 heterocycles. The molecule has 1 N–H and O–H groups in total. The van der Waals surface area contributed by atoms with Crippen molar-refractivity contribution in [1.82, 2.24) is 20.1 Å². The van der Waals surface area contributed by atoms with Gasteiger partial charge in [-0.05, 0) is 49.6 Å². The van der Waals surface area contributed by atoms with Crippen molar-refractivity contribution in [2.24, 2.45) is 7.05 Å². The van der Waals surface area contributed by atoms with Crippen LogP contribution in [0.25, 0.3) is 0 Å². The minimum absolute atomic E-state index is 0.791. The Morgan fingerprint density at radius 1 is 1.30 bits per heavy atom. The van der Waals surface area contributed by atoms with E-state index in [1.165, 1.54) is 5.56 Å². The lowest BCUT2D eigenvalue weighted by Gasteiger charge is -2.10. The second-order valence-electron chi connectivity index (χ2n) is 4.38. The minimum Gasteiger partial charge on any atom is -0.494 e. The molecule has 1 aromatic heterocycles. The highest BCUT2D eigenvalue weighted by Crippen LogP contribution is 2.34. The molecule has 5 nitrogen and oxygen atoms in total. The van der Waals surface area contributed by atoms with E-state index >= 15 is 0 Å². The van der Waals surface area contributed by atoms with E-state index in [-0.39, 0.29) is 0 Å². The van der Waals surface area contributed by atoms with Gasteiger partial charge in [0.15, 0.2) is 0 Å². The standard InChI is InChI=1S/C13H16Br2N4O/c1-19-8-17-18-12(19)3-4-16-7-9-5-10(14)13(20-2)11(15)6-9/h5-6,8,16H,3-4,7H2,1-2H3. The lowest BCUT2D eigenvalue weighted by molar-refractivity contribution is 0.409. The molecule has 108 valence electrons. The molecule has 0 bridgehead atoms. The molecular weight excluding hydrogens is 388 g/mol. The molecule has 20 heavy (non-hydrogen) atoms. The van der Waals surface area contributed by atoms with Gasteiger partial charge in [-0.15, -0.1) is 10.2 Å². The topological polar surface area (TPSA) is 52.0 Å². The fourth-order valence-corrected chi connectivity index (χ4v) is 3.48. The maximum absolute atomic E-state index is 5.29. The van der Waals surface area contributed by atoms with Crippen molar-refractivity contribution in [2.75, 3.05) is 13.7 Å². The molecule has 0 radical (unpaired) electrons. The van der Waals surface area contributed by atoms with Crippen molar-refractivity contribution >= 4 is 31.9 Å². The maximum atomic E-state index is 5.29. The average molecular weight is 404 g/mol. The SMILES string of the molecule is COc1c(Br)cc(CNCCc2nncn2C)cc1Br. The van der Waals surface area contributed by atoms with Crippen molar-refractivity contribution in [3.05, 3.63) is 38.8 Å². The summed E-state index contributed by atoms with van der Waals surface area (Å²) in [6, 6.07) is 4.11. The molecule has 1 aromatic carbocycles. The Balaban J connectivity index is 1.87. The van der Waals surface area contributed by atoms with Gasteiger partial charge in [0.05, 0.1) is 16.1 Å². The highest BCUT2D eigenvalue weighted by atomic mass is 79.9. The maximum Gasteiger partial charge on any atom is 0.147 e. The van der Waals surface area contributed by atoms with Crippen molar-refractivity contribution in [1.29, 1.82) is 0 Å². The van der Waals surface area contributed by atoms with E-state index < -0.39 is 0 Å². The van der Waals surface area contributed by atoms with Crippen LogP contribution in [0.2, 0.25) is 0 Å². The van der Waals surface area contributed by atoms with Crippen molar-refractivity contribution in [3.8, 4) is 5.75 Å². The highest BCUT2D eigenvalue weighted by molar-refractivity contribution is 9.11. The summed E-state index contributed by atoms with van der Waals surface area (Å²) >= 11 is 7.01.